The van der Waals surface area contributed by atoms with Crippen molar-refractivity contribution in [2.24, 2.45) is 11.8 Å². The molecule has 3 nitrogen and oxygen atoms in total. The first-order valence-corrected chi connectivity index (χ1v) is 9.74. The maximum absolute atomic E-state index is 12.6. The first kappa shape index (κ1) is 14.7. The molecular formula is C18H26N2OS. The summed E-state index contributed by atoms with van der Waals surface area (Å²) < 4.78 is 0. The summed E-state index contributed by atoms with van der Waals surface area (Å²) in [7, 11) is 0. The zero-order chi connectivity index (χ0) is 14.9. The molecular weight excluding hydrogens is 292 g/mol. The topological polar surface area (TPSA) is 23.6 Å². The molecule has 4 rings (SSSR count). The Kier molecular flexibility index (Phi) is 4.23. The highest BCUT2D eigenvalue weighted by molar-refractivity contribution is 7.09. The van der Waals surface area contributed by atoms with Gasteiger partial charge in [-0.1, -0.05) is 18.9 Å². The Morgan fingerprint density at radius 3 is 2.82 bits per heavy atom. The lowest BCUT2D eigenvalue weighted by Gasteiger charge is -2.31. The van der Waals surface area contributed by atoms with Crippen molar-refractivity contribution in [3.63, 3.8) is 0 Å². The Morgan fingerprint density at radius 2 is 2.09 bits per heavy atom. The van der Waals surface area contributed by atoms with Crippen molar-refractivity contribution in [1.82, 2.24) is 9.80 Å². The van der Waals surface area contributed by atoms with E-state index in [2.05, 4.69) is 27.3 Å². The molecule has 1 aromatic rings. The average molecular weight is 318 g/mol. The van der Waals surface area contributed by atoms with Gasteiger partial charge in [-0.2, -0.15) is 0 Å². The maximum atomic E-state index is 12.6. The summed E-state index contributed by atoms with van der Waals surface area (Å²) in [5.74, 6) is 1.51. The number of nitrogens with zero attached hydrogens (tertiary/aromatic N) is 2. The normalized spacial score (nSPS) is 29.9. The van der Waals surface area contributed by atoms with Gasteiger partial charge in [0.15, 0.2) is 0 Å². The van der Waals surface area contributed by atoms with Gasteiger partial charge in [0.25, 0.3) is 0 Å². The summed E-state index contributed by atoms with van der Waals surface area (Å²) in [5.41, 5.74) is 0. The predicted molar refractivity (Wildman–Crippen MR) is 89.8 cm³/mol. The van der Waals surface area contributed by atoms with Gasteiger partial charge in [0, 0.05) is 36.5 Å². The van der Waals surface area contributed by atoms with Gasteiger partial charge in [-0.25, -0.2) is 0 Å². The number of hydrogen-bond acceptors (Lipinski definition) is 3. The fourth-order valence-electron chi connectivity index (χ4n) is 4.33. The monoisotopic (exact) mass is 318 g/mol. The summed E-state index contributed by atoms with van der Waals surface area (Å²) in [6, 6.07) is 4.99. The third-order valence-electron chi connectivity index (χ3n) is 5.85. The molecule has 0 aromatic carbocycles. The van der Waals surface area contributed by atoms with E-state index in [1.165, 1.54) is 37.1 Å². The Hall–Kier alpha value is -0.870. The highest BCUT2D eigenvalue weighted by Crippen LogP contribution is 2.35. The lowest BCUT2D eigenvalue weighted by molar-refractivity contribution is -0.137. The second kappa shape index (κ2) is 6.32. The maximum Gasteiger partial charge on any atom is 0.225 e. The molecule has 3 aliphatic rings. The number of rotatable bonds is 3. The molecule has 1 aromatic heterocycles. The van der Waals surface area contributed by atoms with Crippen LogP contribution in [0.1, 0.15) is 43.4 Å². The van der Waals surface area contributed by atoms with Crippen LogP contribution in [0.2, 0.25) is 0 Å². The van der Waals surface area contributed by atoms with Gasteiger partial charge in [0.1, 0.15) is 0 Å². The molecule has 0 bridgehead atoms. The number of likely N-dealkylation sites (tertiary alicyclic amines) is 2. The van der Waals surface area contributed by atoms with Crippen LogP contribution in [-0.4, -0.2) is 41.4 Å². The molecule has 1 aliphatic carbocycles. The lowest BCUT2D eigenvalue weighted by atomic mass is 9.84. The highest BCUT2D eigenvalue weighted by atomic mass is 32.1. The second-order valence-corrected chi connectivity index (χ2v) is 8.28. The summed E-state index contributed by atoms with van der Waals surface area (Å²) >= 11 is 1.86. The van der Waals surface area contributed by atoms with Crippen LogP contribution in [0.5, 0.6) is 0 Å². The summed E-state index contributed by atoms with van der Waals surface area (Å²) in [6.07, 6.45) is 7.46. The molecule has 0 unspecified atom stereocenters. The summed E-state index contributed by atoms with van der Waals surface area (Å²) in [5, 5.41) is 2.17. The van der Waals surface area contributed by atoms with Crippen molar-refractivity contribution < 1.29 is 4.79 Å². The molecule has 22 heavy (non-hydrogen) atoms. The van der Waals surface area contributed by atoms with Crippen LogP contribution in [0.4, 0.5) is 0 Å². The van der Waals surface area contributed by atoms with Crippen molar-refractivity contribution in [3.8, 4) is 0 Å². The number of carbonyl (C=O) groups excluding carboxylic acids is 1. The minimum Gasteiger partial charge on any atom is -0.341 e. The largest absolute Gasteiger partial charge is 0.341 e. The molecule has 4 heteroatoms. The van der Waals surface area contributed by atoms with Crippen molar-refractivity contribution in [2.75, 3.05) is 19.6 Å². The minimum atomic E-state index is 0.355. The summed E-state index contributed by atoms with van der Waals surface area (Å²) in [6.45, 7) is 4.27. The quantitative estimate of drug-likeness (QED) is 0.853. The molecule has 0 N–H and O–H groups in total. The van der Waals surface area contributed by atoms with Crippen LogP contribution in [0.3, 0.4) is 0 Å². The molecule has 2 atom stereocenters. The molecule has 3 heterocycles. The third-order valence-corrected chi connectivity index (χ3v) is 6.71. The van der Waals surface area contributed by atoms with Gasteiger partial charge >= 0.3 is 0 Å². The van der Waals surface area contributed by atoms with Crippen LogP contribution < -0.4 is 0 Å². The van der Waals surface area contributed by atoms with Gasteiger partial charge in [-0.15, -0.1) is 11.3 Å². The molecule has 3 fully saturated rings. The van der Waals surface area contributed by atoms with E-state index in [1.807, 2.05) is 11.3 Å². The van der Waals surface area contributed by atoms with E-state index in [0.717, 1.165) is 32.5 Å². The van der Waals surface area contributed by atoms with E-state index in [0.29, 0.717) is 23.8 Å². The van der Waals surface area contributed by atoms with E-state index in [-0.39, 0.29) is 0 Å². The number of thiophene rings is 1. The molecule has 2 aliphatic heterocycles. The molecule has 2 saturated heterocycles. The van der Waals surface area contributed by atoms with Crippen molar-refractivity contribution >= 4 is 17.2 Å². The zero-order valence-electron chi connectivity index (χ0n) is 13.2. The molecule has 0 spiro atoms. The number of amides is 1. The van der Waals surface area contributed by atoms with Gasteiger partial charge in [-0.05, 0) is 49.6 Å². The smallest absolute Gasteiger partial charge is 0.225 e. The van der Waals surface area contributed by atoms with Gasteiger partial charge in [-0.3, -0.25) is 9.69 Å². The standard InChI is InChI=1S/C18H26N2OS/c21-18(14-6-3-7-14)20-11-15-5-1-2-9-19(17(15)13-20)12-16-8-4-10-22-16/h4,8,10,14-15,17H,1-3,5-7,9,11-13H2/t15-,17+/m0/s1. The van der Waals surface area contributed by atoms with E-state index in [1.54, 1.807) is 0 Å². The molecule has 1 saturated carbocycles. The molecule has 120 valence electrons. The van der Waals surface area contributed by atoms with Crippen LogP contribution in [0.15, 0.2) is 17.5 Å². The van der Waals surface area contributed by atoms with E-state index < -0.39 is 0 Å². The van der Waals surface area contributed by atoms with Gasteiger partial charge < -0.3 is 4.90 Å². The lowest BCUT2D eigenvalue weighted by Crippen LogP contribution is -2.42. The van der Waals surface area contributed by atoms with Crippen LogP contribution in [0.25, 0.3) is 0 Å². The highest BCUT2D eigenvalue weighted by Gasteiger charge is 2.41. The Balaban J connectivity index is 1.45. The van der Waals surface area contributed by atoms with E-state index in [4.69, 9.17) is 0 Å². The van der Waals surface area contributed by atoms with E-state index >= 15 is 0 Å². The fraction of sp³-hybridized carbons (Fsp3) is 0.722. The minimum absolute atomic E-state index is 0.355. The average Bonchev–Trinajstić information content (AvgIpc) is 3.06. The van der Waals surface area contributed by atoms with Crippen LogP contribution in [0, 0.1) is 11.8 Å². The Labute approximate surface area is 137 Å². The van der Waals surface area contributed by atoms with Crippen molar-refractivity contribution in [2.45, 2.75) is 51.1 Å². The van der Waals surface area contributed by atoms with Crippen LogP contribution >= 0.6 is 11.3 Å². The summed E-state index contributed by atoms with van der Waals surface area (Å²) in [4.78, 5) is 18.9. The zero-order valence-corrected chi connectivity index (χ0v) is 14.1. The van der Waals surface area contributed by atoms with Gasteiger partial charge in [0.2, 0.25) is 5.91 Å². The van der Waals surface area contributed by atoms with Crippen LogP contribution in [-0.2, 0) is 11.3 Å². The predicted octanol–water partition coefficient (Wildman–Crippen LogP) is 3.36. The Bertz CT molecular complexity index is 511. The number of carbonyl (C=O) groups is 1. The SMILES string of the molecule is O=C(C1CCC1)N1C[C@@H]2CCCCN(Cc3cccs3)[C@@H]2C1. The van der Waals surface area contributed by atoms with Crippen molar-refractivity contribution in [1.29, 1.82) is 0 Å². The number of hydrogen-bond donors (Lipinski definition) is 0. The molecule has 1 amide bonds. The third kappa shape index (κ3) is 2.83. The molecule has 0 radical (unpaired) electrons. The first-order valence-electron chi connectivity index (χ1n) is 8.86. The number of fused-ring (bicyclic) bond motifs is 1. The Morgan fingerprint density at radius 1 is 1.18 bits per heavy atom. The van der Waals surface area contributed by atoms with E-state index in [9.17, 15) is 4.79 Å². The van der Waals surface area contributed by atoms with Gasteiger partial charge in [0.05, 0.1) is 0 Å². The first-order chi connectivity index (χ1) is 10.8. The second-order valence-electron chi connectivity index (χ2n) is 7.24. The fourth-order valence-corrected chi connectivity index (χ4v) is 5.06. The van der Waals surface area contributed by atoms with Crippen molar-refractivity contribution in [3.05, 3.63) is 22.4 Å².